The smallest absolute Gasteiger partial charge is 0.252 e. The second-order valence-corrected chi connectivity index (χ2v) is 7.14. The third kappa shape index (κ3) is 4.46. The fourth-order valence-corrected chi connectivity index (χ4v) is 4.04. The summed E-state index contributed by atoms with van der Waals surface area (Å²) in [7, 11) is 0. The Kier molecular flexibility index (Phi) is 6.44. The minimum Gasteiger partial charge on any atom is -0.349 e. The van der Waals surface area contributed by atoms with Crippen molar-refractivity contribution >= 4 is 35.6 Å². The molecule has 0 bridgehead atoms. The number of thiophene rings is 1. The van der Waals surface area contributed by atoms with Crippen LogP contribution in [-0.4, -0.2) is 41.9 Å². The minimum absolute atomic E-state index is 0. The fourth-order valence-electron chi connectivity index (χ4n) is 3.41. The van der Waals surface area contributed by atoms with Crippen molar-refractivity contribution in [1.82, 2.24) is 10.2 Å². The highest BCUT2D eigenvalue weighted by Crippen LogP contribution is 2.27. The van der Waals surface area contributed by atoms with E-state index in [0.717, 1.165) is 50.8 Å². The van der Waals surface area contributed by atoms with Crippen molar-refractivity contribution in [3.63, 3.8) is 0 Å². The lowest BCUT2D eigenvalue weighted by molar-refractivity contribution is -0.136. The Balaban J connectivity index is 0.00000192. The fraction of sp³-hybridized carbons (Fsp3) is 0.625. The number of likely N-dealkylation sites (tertiary alicyclic amines) is 1. The Labute approximate surface area is 147 Å². The van der Waals surface area contributed by atoms with Gasteiger partial charge >= 0.3 is 0 Å². The van der Waals surface area contributed by atoms with Crippen LogP contribution < -0.4 is 11.1 Å². The lowest BCUT2D eigenvalue weighted by Crippen LogP contribution is -2.47. The van der Waals surface area contributed by atoms with Crippen molar-refractivity contribution in [2.75, 3.05) is 13.1 Å². The zero-order valence-electron chi connectivity index (χ0n) is 13.1. The summed E-state index contributed by atoms with van der Waals surface area (Å²) in [5.74, 6) is 0.371. The topological polar surface area (TPSA) is 75.4 Å². The van der Waals surface area contributed by atoms with Gasteiger partial charge in [0.25, 0.3) is 5.91 Å². The standard InChI is InChI=1S/C16H23N3O2S.ClH/c17-13-2-1-11(9-13)16(21)19-6-3-14(4-7-19)18-15(20)12-5-8-22-10-12;/h5,8,10-11,13-14H,1-4,6-7,9,17H2,(H,18,20);1H. The molecule has 0 radical (unpaired) electrons. The van der Waals surface area contributed by atoms with E-state index in [2.05, 4.69) is 5.32 Å². The summed E-state index contributed by atoms with van der Waals surface area (Å²) in [4.78, 5) is 26.4. The Hall–Kier alpha value is -1.11. The van der Waals surface area contributed by atoms with Crippen molar-refractivity contribution in [2.45, 2.75) is 44.2 Å². The van der Waals surface area contributed by atoms with Gasteiger partial charge in [-0.05, 0) is 43.6 Å². The van der Waals surface area contributed by atoms with Crippen LogP contribution in [0.1, 0.15) is 42.5 Å². The van der Waals surface area contributed by atoms with Crippen molar-refractivity contribution in [3.05, 3.63) is 22.4 Å². The van der Waals surface area contributed by atoms with Crippen LogP contribution in [0.4, 0.5) is 0 Å². The third-order valence-electron chi connectivity index (χ3n) is 4.75. The molecule has 1 aliphatic carbocycles. The van der Waals surface area contributed by atoms with E-state index in [1.54, 1.807) is 0 Å². The first kappa shape index (κ1) is 18.2. The average Bonchev–Trinajstić information content (AvgIpc) is 3.18. The van der Waals surface area contributed by atoms with E-state index in [0.29, 0.717) is 0 Å². The van der Waals surface area contributed by atoms with Crippen LogP contribution in [0.2, 0.25) is 0 Å². The van der Waals surface area contributed by atoms with Gasteiger partial charge < -0.3 is 16.0 Å². The monoisotopic (exact) mass is 357 g/mol. The summed E-state index contributed by atoms with van der Waals surface area (Å²) in [6.45, 7) is 1.47. The van der Waals surface area contributed by atoms with E-state index in [1.807, 2.05) is 21.7 Å². The number of nitrogens with two attached hydrogens (primary N) is 1. The summed E-state index contributed by atoms with van der Waals surface area (Å²) in [6, 6.07) is 2.20. The van der Waals surface area contributed by atoms with Crippen molar-refractivity contribution in [3.8, 4) is 0 Å². The molecule has 3 N–H and O–H groups in total. The Morgan fingerprint density at radius 3 is 2.52 bits per heavy atom. The maximum absolute atomic E-state index is 12.4. The predicted octanol–water partition coefficient (Wildman–Crippen LogP) is 2.02. The molecule has 2 heterocycles. The summed E-state index contributed by atoms with van der Waals surface area (Å²) in [6.07, 6.45) is 4.38. The first-order valence-electron chi connectivity index (χ1n) is 8.01. The van der Waals surface area contributed by atoms with Gasteiger partial charge in [0.2, 0.25) is 5.91 Å². The highest BCUT2D eigenvalue weighted by molar-refractivity contribution is 7.08. The van der Waals surface area contributed by atoms with Crippen LogP contribution >= 0.6 is 23.7 Å². The van der Waals surface area contributed by atoms with Gasteiger partial charge in [0.1, 0.15) is 0 Å². The van der Waals surface area contributed by atoms with Crippen LogP contribution in [0.3, 0.4) is 0 Å². The maximum atomic E-state index is 12.4. The van der Waals surface area contributed by atoms with E-state index in [9.17, 15) is 9.59 Å². The SMILES string of the molecule is Cl.NC1CCC(C(=O)N2CCC(NC(=O)c3ccsc3)CC2)C1. The molecule has 23 heavy (non-hydrogen) atoms. The molecule has 2 fully saturated rings. The third-order valence-corrected chi connectivity index (χ3v) is 5.43. The first-order chi connectivity index (χ1) is 10.6. The highest BCUT2D eigenvalue weighted by Gasteiger charge is 2.33. The number of halogens is 1. The van der Waals surface area contributed by atoms with Gasteiger partial charge in [0, 0.05) is 42.0 Å². The molecule has 128 valence electrons. The molecule has 2 atom stereocenters. The predicted molar refractivity (Wildman–Crippen MR) is 94.0 cm³/mol. The number of carbonyl (C=O) groups excluding carboxylic acids is 2. The van der Waals surface area contributed by atoms with Gasteiger partial charge in [-0.1, -0.05) is 0 Å². The first-order valence-corrected chi connectivity index (χ1v) is 8.95. The largest absolute Gasteiger partial charge is 0.349 e. The number of carbonyl (C=O) groups is 2. The van der Waals surface area contributed by atoms with Gasteiger partial charge in [-0.3, -0.25) is 9.59 Å². The molecular formula is C16H24ClN3O2S. The quantitative estimate of drug-likeness (QED) is 0.869. The molecule has 0 aromatic carbocycles. The van der Waals surface area contributed by atoms with Crippen molar-refractivity contribution in [1.29, 1.82) is 0 Å². The van der Waals surface area contributed by atoms with Gasteiger partial charge in [-0.15, -0.1) is 12.4 Å². The van der Waals surface area contributed by atoms with Crippen LogP contribution in [-0.2, 0) is 4.79 Å². The van der Waals surface area contributed by atoms with E-state index < -0.39 is 0 Å². The Morgan fingerprint density at radius 1 is 1.22 bits per heavy atom. The Morgan fingerprint density at radius 2 is 1.96 bits per heavy atom. The van der Waals surface area contributed by atoms with Gasteiger partial charge in [-0.2, -0.15) is 11.3 Å². The number of amides is 2. The molecular weight excluding hydrogens is 334 g/mol. The minimum atomic E-state index is -0.00667. The van der Waals surface area contributed by atoms with Crippen LogP contribution in [0.5, 0.6) is 0 Å². The van der Waals surface area contributed by atoms with Gasteiger partial charge in [0.05, 0.1) is 0 Å². The van der Waals surface area contributed by atoms with Crippen LogP contribution in [0.15, 0.2) is 16.8 Å². The zero-order chi connectivity index (χ0) is 15.5. The van der Waals surface area contributed by atoms with Crippen molar-refractivity contribution < 1.29 is 9.59 Å². The number of rotatable bonds is 3. The summed E-state index contributed by atoms with van der Waals surface area (Å²) in [5.41, 5.74) is 6.62. The number of hydrogen-bond donors (Lipinski definition) is 2. The van der Waals surface area contributed by atoms with E-state index in [-0.39, 0.29) is 42.2 Å². The summed E-state index contributed by atoms with van der Waals surface area (Å²) in [5, 5.41) is 6.83. The number of piperidine rings is 1. The van der Waals surface area contributed by atoms with E-state index in [1.165, 1.54) is 11.3 Å². The van der Waals surface area contributed by atoms with Crippen LogP contribution in [0.25, 0.3) is 0 Å². The van der Waals surface area contributed by atoms with E-state index >= 15 is 0 Å². The molecule has 3 rings (SSSR count). The number of hydrogen-bond acceptors (Lipinski definition) is 4. The molecule has 1 aromatic heterocycles. The molecule has 0 spiro atoms. The summed E-state index contributed by atoms with van der Waals surface area (Å²) < 4.78 is 0. The molecule has 2 unspecified atom stereocenters. The zero-order valence-corrected chi connectivity index (χ0v) is 14.7. The average molecular weight is 358 g/mol. The maximum Gasteiger partial charge on any atom is 0.252 e. The molecule has 1 aliphatic heterocycles. The van der Waals surface area contributed by atoms with Crippen molar-refractivity contribution in [2.24, 2.45) is 11.7 Å². The number of nitrogens with one attached hydrogen (secondary N) is 1. The van der Waals surface area contributed by atoms with Gasteiger partial charge in [0.15, 0.2) is 0 Å². The summed E-state index contributed by atoms with van der Waals surface area (Å²) >= 11 is 1.52. The lowest BCUT2D eigenvalue weighted by atomic mass is 10.0. The number of nitrogens with zero attached hydrogens (tertiary/aromatic N) is 1. The second kappa shape index (κ2) is 8.13. The molecule has 7 heteroatoms. The molecule has 2 aliphatic rings. The molecule has 1 aromatic rings. The molecule has 1 saturated heterocycles. The Bertz CT molecular complexity index is 529. The lowest BCUT2D eigenvalue weighted by Gasteiger charge is -2.34. The normalized spacial score (nSPS) is 25.0. The molecule has 1 saturated carbocycles. The second-order valence-electron chi connectivity index (χ2n) is 6.36. The van der Waals surface area contributed by atoms with Gasteiger partial charge in [-0.25, -0.2) is 0 Å². The molecule has 2 amide bonds. The van der Waals surface area contributed by atoms with Crippen LogP contribution in [0, 0.1) is 5.92 Å². The highest BCUT2D eigenvalue weighted by atomic mass is 35.5. The van der Waals surface area contributed by atoms with E-state index in [4.69, 9.17) is 5.73 Å². The molecule has 5 nitrogen and oxygen atoms in total.